The summed E-state index contributed by atoms with van der Waals surface area (Å²) < 4.78 is 0. The van der Waals surface area contributed by atoms with Crippen molar-refractivity contribution in [2.75, 3.05) is 11.9 Å². The molecule has 76 valence electrons. The highest BCUT2D eigenvalue weighted by Gasteiger charge is 2.04. The molecule has 0 heterocycles. The molecule has 0 spiro atoms. The molecular weight excluding hydrogens is 223 g/mol. The van der Waals surface area contributed by atoms with Gasteiger partial charge in [0.15, 0.2) is 0 Å². The molecule has 0 aromatic heterocycles. The molecule has 5 heteroatoms. The molecular formula is C9H10Cl2N2O. The van der Waals surface area contributed by atoms with E-state index in [4.69, 9.17) is 28.9 Å². The maximum absolute atomic E-state index is 10.5. The molecule has 14 heavy (non-hydrogen) atoms. The predicted molar refractivity (Wildman–Crippen MR) is 58.9 cm³/mol. The fourth-order valence-corrected chi connectivity index (χ4v) is 1.41. The Morgan fingerprint density at radius 2 is 2.07 bits per heavy atom. The fourth-order valence-electron chi connectivity index (χ4n) is 0.964. The monoisotopic (exact) mass is 232 g/mol. The van der Waals surface area contributed by atoms with Gasteiger partial charge >= 0.3 is 0 Å². The zero-order valence-electron chi connectivity index (χ0n) is 7.60. The summed E-state index contributed by atoms with van der Waals surface area (Å²) in [4.78, 5) is 10.5. The number of aryl methyl sites for hydroxylation is 1. The third kappa shape index (κ3) is 2.79. The molecule has 0 fully saturated rings. The second-order valence-corrected chi connectivity index (χ2v) is 3.72. The second kappa shape index (κ2) is 4.53. The van der Waals surface area contributed by atoms with Crippen LogP contribution in [0, 0.1) is 6.92 Å². The Labute approximate surface area is 92.2 Å². The van der Waals surface area contributed by atoms with Gasteiger partial charge in [-0.2, -0.15) is 0 Å². The molecule has 3 N–H and O–H groups in total. The minimum atomic E-state index is -0.447. The number of anilines is 1. The van der Waals surface area contributed by atoms with E-state index >= 15 is 0 Å². The fraction of sp³-hybridized carbons (Fsp3) is 0.222. The largest absolute Gasteiger partial charge is 0.375 e. The standard InChI is InChI=1S/C9H10Cl2N2O/c1-5-2-7(11)8(3-6(5)10)13-4-9(12)14/h2-3,13H,4H2,1H3,(H2,12,14). The molecule has 1 aromatic carbocycles. The van der Waals surface area contributed by atoms with E-state index in [-0.39, 0.29) is 6.54 Å². The Balaban J connectivity index is 2.87. The Morgan fingerprint density at radius 1 is 1.43 bits per heavy atom. The summed E-state index contributed by atoms with van der Waals surface area (Å²) in [6, 6.07) is 3.40. The van der Waals surface area contributed by atoms with Gasteiger partial charge in [-0.25, -0.2) is 0 Å². The van der Waals surface area contributed by atoms with Gasteiger partial charge in [0, 0.05) is 5.02 Å². The van der Waals surface area contributed by atoms with E-state index in [1.165, 1.54) is 0 Å². The van der Waals surface area contributed by atoms with E-state index in [1.54, 1.807) is 12.1 Å². The molecule has 0 unspecified atom stereocenters. The topological polar surface area (TPSA) is 55.1 Å². The van der Waals surface area contributed by atoms with Crippen LogP contribution in [0.15, 0.2) is 12.1 Å². The van der Waals surface area contributed by atoms with E-state index in [2.05, 4.69) is 5.32 Å². The Hall–Kier alpha value is -0.930. The van der Waals surface area contributed by atoms with Gasteiger partial charge in [0.25, 0.3) is 0 Å². The number of rotatable bonds is 3. The van der Waals surface area contributed by atoms with Crippen LogP contribution < -0.4 is 11.1 Å². The average Bonchev–Trinajstić information content (AvgIpc) is 2.09. The molecule has 0 saturated carbocycles. The minimum absolute atomic E-state index is 0.0408. The van der Waals surface area contributed by atoms with Crippen LogP contribution in [-0.4, -0.2) is 12.5 Å². The molecule has 0 aliphatic rings. The van der Waals surface area contributed by atoms with E-state index in [1.807, 2.05) is 6.92 Å². The molecule has 0 bridgehead atoms. The van der Waals surface area contributed by atoms with Crippen molar-refractivity contribution >= 4 is 34.8 Å². The molecule has 0 aliphatic carbocycles. The summed E-state index contributed by atoms with van der Waals surface area (Å²) in [5.41, 5.74) is 6.48. The smallest absolute Gasteiger partial charge is 0.236 e. The van der Waals surface area contributed by atoms with Crippen molar-refractivity contribution in [2.24, 2.45) is 5.73 Å². The lowest BCUT2D eigenvalue weighted by Crippen LogP contribution is -2.21. The van der Waals surface area contributed by atoms with Crippen LogP contribution >= 0.6 is 23.2 Å². The number of carbonyl (C=O) groups excluding carboxylic acids is 1. The van der Waals surface area contributed by atoms with E-state index in [9.17, 15) is 4.79 Å². The number of nitrogens with two attached hydrogens (primary N) is 1. The third-order valence-corrected chi connectivity index (χ3v) is 2.42. The molecule has 0 saturated heterocycles. The maximum Gasteiger partial charge on any atom is 0.236 e. The normalized spacial score (nSPS) is 9.93. The second-order valence-electron chi connectivity index (χ2n) is 2.90. The van der Waals surface area contributed by atoms with Gasteiger partial charge in [0.05, 0.1) is 17.3 Å². The van der Waals surface area contributed by atoms with Crippen molar-refractivity contribution in [3.63, 3.8) is 0 Å². The van der Waals surface area contributed by atoms with Crippen LogP contribution in [0.5, 0.6) is 0 Å². The summed E-state index contributed by atoms with van der Waals surface area (Å²) in [5.74, 6) is -0.447. The lowest BCUT2D eigenvalue weighted by atomic mass is 10.2. The first kappa shape index (κ1) is 11.1. The zero-order valence-corrected chi connectivity index (χ0v) is 9.12. The van der Waals surface area contributed by atoms with Crippen LogP contribution in [0.4, 0.5) is 5.69 Å². The van der Waals surface area contributed by atoms with E-state index in [0.717, 1.165) is 5.56 Å². The van der Waals surface area contributed by atoms with Gasteiger partial charge in [0.1, 0.15) is 0 Å². The van der Waals surface area contributed by atoms with Crippen molar-refractivity contribution in [1.82, 2.24) is 0 Å². The molecule has 3 nitrogen and oxygen atoms in total. The number of primary amides is 1. The number of benzene rings is 1. The van der Waals surface area contributed by atoms with Gasteiger partial charge in [-0.15, -0.1) is 0 Å². The number of hydrogen-bond acceptors (Lipinski definition) is 2. The SMILES string of the molecule is Cc1cc(Cl)c(NCC(N)=O)cc1Cl. The number of nitrogens with one attached hydrogen (secondary N) is 1. The highest BCUT2D eigenvalue weighted by molar-refractivity contribution is 6.35. The van der Waals surface area contributed by atoms with Gasteiger partial charge in [-0.05, 0) is 24.6 Å². The number of halogens is 2. The van der Waals surface area contributed by atoms with Gasteiger partial charge in [-0.1, -0.05) is 23.2 Å². The van der Waals surface area contributed by atoms with Gasteiger partial charge < -0.3 is 11.1 Å². The Morgan fingerprint density at radius 3 is 2.64 bits per heavy atom. The predicted octanol–water partition coefficient (Wildman–Crippen LogP) is 2.20. The van der Waals surface area contributed by atoms with E-state index < -0.39 is 5.91 Å². The van der Waals surface area contributed by atoms with Crippen LogP contribution in [0.3, 0.4) is 0 Å². The summed E-state index contributed by atoms with van der Waals surface area (Å²) >= 11 is 11.8. The van der Waals surface area contributed by atoms with Crippen LogP contribution in [-0.2, 0) is 4.79 Å². The summed E-state index contributed by atoms with van der Waals surface area (Å²) in [6.07, 6.45) is 0. The molecule has 1 rings (SSSR count). The molecule has 0 atom stereocenters. The Bertz CT molecular complexity index is 366. The minimum Gasteiger partial charge on any atom is -0.375 e. The van der Waals surface area contributed by atoms with Crippen LogP contribution in [0.25, 0.3) is 0 Å². The van der Waals surface area contributed by atoms with Gasteiger partial charge in [0.2, 0.25) is 5.91 Å². The van der Waals surface area contributed by atoms with Gasteiger partial charge in [-0.3, -0.25) is 4.79 Å². The molecule has 1 aromatic rings. The van der Waals surface area contributed by atoms with Crippen LogP contribution in [0.2, 0.25) is 10.0 Å². The van der Waals surface area contributed by atoms with Crippen molar-refractivity contribution < 1.29 is 4.79 Å². The third-order valence-electron chi connectivity index (χ3n) is 1.70. The molecule has 0 aliphatic heterocycles. The molecule has 0 radical (unpaired) electrons. The summed E-state index contributed by atoms with van der Waals surface area (Å²) in [6.45, 7) is 1.89. The van der Waals surface area contributed by atoms with E-state index in [0.29, 0.717) is 15.7 Å². The van der Waals surface area contributed by atoms with Crippen molar-refractivity contribution in [3.8, 4) is 0 Å². The first-order valence-corrected chi connectivity index (χ1v) is 4.74. The number of amides is 1. The van der Waals surface area contributed by atoms with Crippen molar-refractivity contribution in [3.05, 3.63) is 27.7 Å². The summed E-state index contributed by atoms with van der Waals surface area (Å²) in [7, 11) is 0. The van der Waals surface area contributed by atoms with Crippen LogP contribution in [0.1, 0.15) is 5.56 Å². The van der Waals surface area contributed by atoms with Crippen molar-refractivity contribution in [2.45, 2.75) is 6.92 Å². The van der Waals surface area contributed by atoms with Crippen molar-refractivity contribution in [1.29, 1.82) is 0 Å². The number of carbonyl (C=O) groups is 1. The zero-order chi connectivity index (χ0) is 10.7. The lowest BCUT2D eigenvalue weighted by molar-refractivity contribution is -0.116. The maximum atomic E-state index is 10.5. The lowest BCUT2D eigenvalue weighted by Gasteiger charge is -2.08. The first-order chi connectivity index (χ1) is 6.50. The quantitative estimate of drug-likeness (QED) is 0.840. The average molecular weight is 233 g/mol. The Kier molecular flexibility index (Phi) is 3.61. The number of hydrogen-bond donors (Lipinski definition) is 2. The highest BCUT2D eigenvalue weighted by atomic mass is 35.5. The first-order valence-electron chi connectivity index (χ1n) is 3.98. The summed E-state index contributed by atoms with van der Waals surface area (Å²) in [5, 5.41) is 3.91. The molecule has 1 amide bonds. The highest BCUT2D eigenvalue weighted by Crippen LogP contribution is 2.28.